The van der Waals surface area contributed by atoms with Crippen molar-refractivity contribution in [2.24, 2.45) is 5.10 Å². The third-order valence-corrected chi connectivity index (χ3v) is 5.20. The minimum atomic E-state index is -0.522. The molecule has 31 heavy (non-hydrogen) atoms. The van der Waals surface area contributed by atoms with Gasteiger partial charge in [-0.15, -0.1) is 0 Å². The Morgan fingerprint density at radius 1 is 1.26 bits per heavy atom. The number of nitro groups is 1. The summed E-state index contributed by atoms with van der Waals surface area (Å²) >= 11 is 8.37. The number of benzene rings is 2. The predicted molar refractivity (Wildman–Crippen MR) is 128 cm³/mol. The van der Waals surface area contributed by atoms with Crippen LogP contribution in [0.25, 0.3) is 0 Å². The SMILES string of the molecule is CCOc1cc(/C=N\Nc2ncccc2[N+](=O)[O-])cc(I)c1OCc1ccccc1Cl. The predicted octanol–water partition coefficient (Wildman–Crippen LogP) is 5.67. The lowest BCUT2D eigenvalue weighted by Crippen LogP contribution is -2.03. The van der Waals surface area contributed by atoms with Crippen molar-refractivity contribution in [2.75, 3.05) is 12.0 Å². The van der Waals surface area contributed by atoms with Gasteiger partial charge in [0.2, 0.25) is 5.82 Å². The maximum atomic E-state index is 11.1. The normalized spacial score (nSPS) is 10.8. The minimum Gasteiger partial charge on any atom is -0.490 e. The van der Waals surface area contributed by atoms with Crippen LogP contribution in [0, 0.1) is 13.7 Å². The number of ether oxygens (including phenoxy) is 2. The lowest BCUT2D eigenvalue weighted by Gasteiger charge is -2.15. The number of halogens is 2. The average molecular weight is 553 g/mol. The van der Waals surface area contributed by atoms with Crippen molar-refractivity contribution < 1.29 is 14.4 Å². The lowest BCUT2D eigenvalue weighted by atomic mass is 10.2. The van der Waals surface area contributed by atoms with E-state index in [0.717, 1.165) is 14.7 Å². The summed E-state index contributed by atoms with van der Waals surface area (Å²) in [6.45, 7) is 2.64. The van der Waals surface area contributed by atoms with Crippen LogP contribution in [0.15, 0.2) is 59.8 Å². The Morgan fingerprint density at radius 2 is 2.06 bits per heavy atom. The summed E-state index contributed by atoms with van der Waals surface area (Å²) in [5.41, 5.74) is 4.04. The van der Waals surface area contributed by atoms with E-state index in [4.69, 9.17) is 21.1 Å². The molecule has 0 amide bonds. The molecule has 0 radical (unpaired) electrons. The smallest absolute Gasteiger partial charge is 0.313 e. The molecule has 0 unspecified atom stereocenters. The van der Waals surface area contributed by atoms with Crippen molar-refractivity contribution in [1.82, 2.24) is 4.98 Å². The molecule has 8 nitrogen and oxygen atoms in total. The van der Waals surface area contributed by atoms with Crippen molar-refractivity contribution in [3.63, 3.8) is 0 Å². The number of nitrogens with zero attached hydrogens (tertiary/aromatic N) is 3. The molecule has 0 atom stereocenters. The molecule has 0 bridgehead atoms. The largest absolute Gasteiger partial charge is 0.490 e. The van der Waals surface area contributed by atoms with E-state index in [-0.39, 0.29) is 11.5 Å². The van der Waals surface area contributed by atoms with Gasteiger partial charge in [-0.3, -0.25) is 15.5 Å². The van der Waals surface area contributed by atoms with Crippen molar-refractivity contribution in [3.05, 3.63) is 84.6 Å². The number of rotatable bonds is 9. The quantitative estimate of drug-likeness (QED) is 0.159. The van der Waals surface area contributed by atoms with Crippen LogP contribution in [0.5, 0.6) is 11.5 Å². The monoisotopic (exact) mass is 552 g/mol. The van der Waals surface area contributed by atoms with Crippen LogP contribution >= 0.6 is 34.2 Å². The zero-order valence-electron chi connectivity index (χ0n) is 16.4. The highest BCUT2D eigenvalue weighted by Gasteiger charge is 2.14. The van der Waals surface area contributed by atoms with E-state index >= 15 is 0 Å². The Hall–Kier alpha value is -2.92. The molecule has 1 heterocycles. The van der Waals surface area contributed by atoms with Crippen LogP contribution < -0.4 is 14.9 Å². The molecule has 3 aromatic rings. The Morgan fingerprint density at radius 3 is 2.81 bits per heavy atom. The minimum absolute atomic E-state index is 0.0585. The first-order valence-corrected chi connectivity index (χ1v) is 10.7. The van der Waals surface area contributed by atoms with Crippen LogP contribution in [0.4, 0.5) is 11.5 Å². The second kappa shape index (κ2) is 10.9. The van der Waals surface area contributed by atoms with Gasteiger partial charge in [0.05, 0.1) is 21.3 Å². The van der Waals surface area contributed by atoms with Crippen molar-refractivity contribution >= 4 is 51.9 Å². The molecular formula is C21H18ClIN4O4. The molecule has 0 saturated heterocycles. The van der Waals surface area contributed by atoms with Crippen molar-refractivity contribution in [3.8, 4) is 11.5 Å². The van der Waals surface area contributed by atoms with Crippen molar-refractivity contribution in [1.29, 1.82) is 0 Å². The number of hydrazone groups is 1. The van der Waals surface area contributed by atoms with Crippen molar-refractivity contribution in [2.45, 2.75) is 13.5 Å². The van der Waals surface area contributed by atoms with E-state index in [1.807, 2.05) is 37.3 Å². The summed E-state index contributed by atoms with van der Waals surface area (Å²) in [5.74, 6) is 1.22. The summed E-state index contributed by atoms with van der Waals surface area (Å²) < 4.78 is 12.6. The van der Waals surface area contributed by atoms with Gasteiger partial charge in [0.1, 0.15) is 6.61 Å². The molecule has 2 aromatic carbocycles. The summed E-state index contributed by atoms with van der Waals surface area (Å²) in [5, 5.41) is 15.8. The fourth-order valence-corrected chi connectivity index (χ4v) is 3.60. The molecule has 1 N–H and O–H groups in total. The Balaban J connectivity index is 1.79. The molecule has 0 aliphatic carbocycles. The molecule has 0 saturated carbocycles. The van der Waals surface area contributed by atoms with Gasteiger partial charge in [-0.05, 0) is 59.3 Å². The topological polar surface area (TPSA) is 98.9 Å². The van der Waals surface area contributed by atoms with Gasteiger partial charge < -0.3 is 9.47 Å². The number of hydrogen-bond acceptors (Lipinski definition) is 7. The highest BCUT2D eigenvalue weighted by Crippen LogP contribution is 2.35. The van der Waals surface area contributed by atoms with Gasteiger partial charge in [-0.2, -0.15) is 5.10 Å². The third kappa shape index (κ3) is 6.05. The lowest BCUT2D eigenvalue weighted by molar-refractivity contribution is -0.384. The van der Waals surface area contributed by atoms with E-state index in [9.17, 15) is 10.1 Å². The molecular weight excluding hydrogens is 535 g/mol. The van der Waals surface area contributed by atoms with E-state index < -0.39 is 4.92 Å². The number of nitrogens with one attached hydrogen (secondary N) is 1. The van der Waals surface area contributed by atoms with Gasteiger partial charge in [0.15, 0.2) is 11.5 Å². The number of aromatic nitrogens is 1. The van der Waals surface area contributed by atoms with E-state index in [1.54, 1.807) is 6.07 Å². The summed E-state index contributed by atoms with van der Waals surface area (Å²) in [6.07, 6.45) is 2.98. The summed E-state index contributed by atoms with van der Waals surface area (Å²) in [7, 11) is 0. The van der Waals surface area contributed by atoms with Gasteiger partial charge in [0, 0.05) is 22.8 Å². The van der Waals surface area contributed by atoms with Gasteiger partial charge >= 0.3 is 5.69 Å². The molecule has 3 rings (SSSR count). The van der Waals surface area contributed by atoms with E-state index in [0.29, 0.717) is 29.7 Å². The summed E-state index contributed by atoms with van der Waals surface area (Å²) in [4.78, 5) is 14.5. The van der Waals surface area contributed by atoms with E-state index in [1.165, 1.54) is 24.5 Å². The van der Waals surface area contributed by atoms with Crippen LogP contribution in [0.2, 0.25) is 5.02 Å². The van der Waals surface area contributed by atoms with Gasteiger partial charge in [-0.25, -0.2) is 4.98 Å². The average Bonchev–Trinajstić information content (AvgIpc) is 2.75. The maximum absolute atomic E-state index is 11.1. The highest BCUT2D eigenvalue weighted by molar-refractivity contribution is 14.1. The van der Waals surface area contributed by atoms with Crippen LogP contribution in [0.3, 0.4) is 0 Å². The fraction of sp³-hybridized carbons (Fsp3) is 0.143. The molecule has 160 valence electrons. The number of hydrogen-bond donors (Lipinski definition) is 1. The van der Waals surface area contributed by atoms with Gasteiger partial charge in [-0.1, -0.05) is 29.8 Å². The summed E-state index contributed by atoms with van der Waals surface area (Å²) in [6, 6.07) is 14.0. The van der Waals surface area contributed by atoms with E-state index in [2.05, 4.69) is 38.1 Å². The molecule has 0 fully saturated rings. The molecule has 1 aromatic heterocycles. The van der Waals surface area contributed by atoms with Crippen LogP contribution in [-0.4, -0.2) is 22.7 Å². The molecule has 0 spiro atoms. The Bertz CT molecular complexity index is 1110. The third-order valence-electron chi connectivity index (χ3n) is 4.03. The maximum Gasteiger partial charge on any atom is 0.313 e. The second-order valence-electron chi connectivity index (χ2n) is 6.14. The van der Waals surface area contributed by atoms with Crippen LogP contribution in [-0.2, 0) is 6.61 Å². The number of pyridine rings is 1. The highest BCUT2D eigenvalue weighted by atomic mass is 127. The second-order valence-corrected chi connectivity index (χ2v) is 7.71. The fourth-order valence-electron chi connectivity index (χ4n) is 2.63. The zero-order chi connectivity index (χ0) is 22.2. The first-order chi connectivity index (χ1) is 15.0. The number of anilines is 1. The Labute approximate surface area is 197 Å². The molecule has 10 heteroatoms. The van der Waals surface area contributed by atoms with Gasteiger partial charge in [0.25, 0.3) is 0 Å². The standard InChI is InChI=1S/C21H18ClIN4O4/c1-2-30-19-11-14(12-25-26-21-18(27(28)29)8-5-9-24-21)10-17(23)20(19)31-13-15-6-3-4-7-16(15)22/h3-12H,2,13H2,1H3,(H,24,26)/b25-12-. The first kappa shape index (κ1) is 22.8. The Kier molecular flexibility index (Phi) is 8.01. The first-order valence-electron chi connectivity index (χ1n) is 9.20. The molecule has 0 aliphatic heterocycles. The molecule has 0 aliphatic rings. The zero-order valence-corrected chi connectivity index (χ0v) is 19.3. The van der Waals surface area contributed by atoms with Crippen LogP contribution in [0.1, 0.15) is 18.1 Å².